The molecule has 1 heterocycles. The van der Waals surface area contributed by atoms with Crippen LogP contribution in [0.5, 0.6) is 0 Å². The first-order valence-electron chi connectivity index (χ1n) is 6.89. The van der Waals surface area contributed by atoms with E-state index < -0.39 is 0 Å². The van der Waals surface area contributed by atoms with Gasteiger partial charge in [0.05, 0.1) is 11.8 Å². The third-order valence-corrected chi connectivity index (χ3v) is 3.52. The van der Waals surface area contributed by atoms with E-state index in [1.165, 1.54) is 0 Å². The van der Waals surface area contributed by atoms with E-state index in [0.717, 1.165) is 17.5 Å². The summed E-state index contributed by atoms with van der Waals surface area (Å²) in [5, 5.41) is 8.17. The maximum absolute atomic E-state index is 12.1. The summed E-state index contributed by atoms with van der Waals surface area (Å²) in [6, 6.07) is 6.94. The van der Waals surface area contributed by atoms with Gasteiger partial charge in [0.1, 0.15) is 5.52 Å². The summed E-state index contributed by atoms with van der Waals surface area (Å²) in [6.07, 6.45) is 6.42. The zero-order valence-corrected chi connectivity index (χ0v) is 11.4. The van der Waals surface area contributed by atoms with Crippen molar-refractivity contribution in [1.29, 1.82) is 0 Å². The van der Waals surface area contributed by atoms with Crippen LogP contribution in [0.1, 0.15) is 19.3 Å². The summed E-state index contributed by atoms with van der Waals surface area (Å²) in [5.74, 6) is -0.0784. The molecule has 0 radical (unpaired) electrons. The Labute approximate surface area is 121 Å². The number of esters is 1. The van der Waals surface area contributed by atoms with Crippen LogP contribution in [-0.4, -0.2) is 21.0 Å². The highest BCUT2D eigenvalue weighted by atomic mass is 16.5. The van der Waals surface area contributed by atoms with Gasteiger partial charge in [0, 0.05) is 0 Å². The molecular formula is C15H15N3O3. The minimum absolute atomic E-state index is 0.202. The minimum Gasteiger partial charge on any atom is -0.442 e. The normalized spacial score (nSPS) is 17.2. The number of ether oxygens (including phenoxy) is 1. The highest BCUT2D eigenvalue weighted by Crippen LogP contribution is 2.20. The van der Waals surface area contributed by atoms with Crippen molar-refractivity contribution in [2.45, 2.75) is 26.0 Å². The van der Waals surface area contributed by atoms with Crippen molar-refractivity contribution in [3.05, 3.63) is 46.8 Å². The molecule has 108 valence electrons. The SMILES string of the molecule is O=C(C[C@H]1C=CCC1)OCn1nnc2ccccc2c1=O. The lowest BCUT2D eigenvalue weighted by Crippen LogP contribution is -2.26. The Kier molecular flexibility index (Phi) is 3.77. The molecule has 0 unspecified atom stereocenters. The van der Waals surface area contributed by atoms with Crippen LogP contribution < -0.4 is 5.56 Å². The molecule has 2 aromatic rings. The molecule has 0 N–H and O–H groups in total. The standard InChI is InChI=1S/C15H15N3O3/c19-14(9-11-5-1-2-6-11)21-10-18-15(20)12-7-3-4-8-13(12)16-17-18/h1,3-5,7-8,11H,2,6,9-10H2/t11-/m0/s1. The van der Waals surface area contributed by atoms with E-state index in [9.17, 15) is 9.59 Å². The summed E-state index contributed by atoms with van der Waals surface area (Å²) in [6.45, 7) is -0.202. The Hall–Kier alpha value is -2.50. The van der Waals surface area contributed by atoms with Crippen molar-refractivity contribution in [1.82, 2.24) is 15.0 Å². The van der Waals surface area contributed by atoms with Gasteiger partial charge >= 0.3 is 5.97 Å². The Morgan fingerprint density at radius 2 is 2.24 bits per heavy atom. The van der Waals surface area contributed by atoms with Gasteiger partial charge in [-0.3, -0.25) is 9.59 Å². The van der Waals surface area contributed by atoms with Gasteiger partial charge < -0.3 is 4.74 Å². The van der Waals surface area contributed by atoms with Crippen LogP contribution in [0.2, 0.25) is 0 Å². The number of benzene rings is 1. The maximum Gasteiger partial charge on any atom is 0.308 e. The van der Waals surface area contributed by atoms with Crippen LogP contribution in [-0.2, 0) is 16.3 Å². The predicted molar refractivity (Wildman–Crippen MR) is 76.4 cm³/mol. The van der Waals surface area contributed by atoms with Crippen LogP contribution in [0, 0.1) is 5.92 Å². The van der Waals surface area contributed by atoms with E-state index in [2.05, 4.69) is 16.4 Å². The molecule has 3 rings (SSSR count). The number of carbonyl (C=O) groups excluding carboxylic acids is 1. The molecule has 1 aliphatic rings. The summed E-state index contributed by atoms with van der Waals surface area (Å²) in [7, 11) is 0. The highest BCUT2D eigenvalue weighted by molar-refractivity contribution is 5.76. The van der Waals surface area contributed by atoms with Crippen LogP contribution in [0.25, 0.3) is 10.9 Å². The number of fused-ring (bicyclic) bond motifs is 1. The second-order valence-corrected chi connectivity index (χ2v) is 5.03. The van der Waals surface area contributed by atoms with Gasteiger partial charge in [-0.25, -0.2) is 0 Å². The Morgan fingerprint density at radius 3 is 3.05 bits per heavy atom. The van der Waals surface area contributed by atoms with Gasteiger partial charge in [0.2, 0.25) is 0 Å². The third kappa shape index (κ3) is 2.99. The maximum atomic E-state index is 12.1. The first-order valence-corrected chi connectivity index (χ1v) is 6.89. The number of allylic oxidation sites excluding steroid dienone is 2. The van der Waals surface area contributed by atoms with Crippen molar-refractivity contribution < 1.29 is 9.53 Å². The molecule has 0 saturated heterocycles. The summed E-state index contributed by atoms with van der Waals surface area (Å²) in [5.41, 5.74) is 0.218. The molecule has 21 heavy (non-hydrogen) atoms. The van der Waals surface area contributed by atoms with E-state index >= 15 is 0 Å². The quantitative estimate of drug-likeness (QED) is 0.630. The van der Waals surface area contributed by atoms with Gasteiger partial charge in [0.25, 0.3) is 5.56 Å². The Bertz CT molecular complexity index is 751. The third-order valence-electron chi connectivity index (χ3n) is 3.52. The molecule has 0 spiro atoms. The molecule has 1 atom stereocenters. The lowest BCUT2D eigenvalue weighted by Gasteiger charge is -2.08. The first kappa shape index (κ1) is 13.5. The fourth-order valence-electron chi connectivity index (χ4n) is 2.38. The topological polar surface area (TPSA) is 74.1 Å². The van der Waals surface area contributed by atoms with Crippen LogP contribution >= 0.6 is 0 Å². The molecule has 1 aliphatic carbocycles. The molecule has 0 bridgehead atoms. The highest BCUT2D eigenvalue weighted by Gasteiger charge is 2.15. The van der Waals surface area contributed by atoms with Gasteiger partial charge in [-0.1, -0.05) is 29.5 Å². The van der Waals surface area contributed by atoms with Gasteiger partial charge in [-0.2, -0.15) is 4.68 Å². The zero-order valence-electron chi connectivity index (χ0n) is 11.4. The number of nitrogens with zero attached hydrogens (tertiary/aromatic N) is 3. The molecule has 6 heteroatoms. The van der Waals surface area contributed by atoms with E-state index in [1.54, 1.807) is 24.3 Å². The van der Waals surface area contributed by atoms with Crippen molar-refractivity contribution >= 4 is 16.9 Å². The molecule has 0 fully saturated rings. The Balaban J connectivity index is 1.67. The number of aromatic nitrogens is 3. The summed E-state index contributed by atoms with van der Waals surface area (Å²) in [4.78, 5) is 23.9. The van der Waals surface area contributed by atoms with E-state index in [-0.39, 0.29) is 24.2 Å². The van der Waals surface area contributed by atoms with Gasteiger partial charge in [0.15, 0.2) is 6.73 Å². The van der Waals surface area contributed by atoms with Crippen molar-refractivity contribution in [3.63, 3.8) is 0 Å². The van der Waals surface area contributed by atoms with Crippen molar-refractivity contribution in [3.8, 4) is 0 Å². The zero-order chi connectivity index (χ0) is 14.7. The molecule has 1 aromatic heterocycles. The molecule has 0 aliphatic heterocycles. The number of hydrogen-bond acceptors (Lipinski definition) is 5. The smallest absolute Gasteiger partial charge is 0.308 e. The second-order valence-electron chi connectivity index (χ2n) is 5.03. The van der Waals surface area contributed by atoms with Crippen LogP contribution in [0.4, 0.5) is 0 Å². The van der Waals surface area contributed by atoms with E-state index in [0.29, 0.717) is 17.3 Å². The average Bonchev–Trinajstić information content (AvgIpc) is 3.00. The fraction of sp³-hybridized carbons (Fsp3) is 0.333. The largest absolute Gasteiger partial charge is 0.442 e. The molecular weight excluding hydrogens is 270 g/mol. The number of hydrogen-bond donors (Lipinski definition) is 0. The van der Waals surface area contributed by atoms with Gasteiger partial charge in [-0.05, 0) is 30.9 Å². The molecule has 0 amide bonds. The fourth-order valence-corrected chi connectivity index (χ4v) is 2.38. The number of carbonyl (C=O) groups is 1. The van der Waals surface area contributed by atoms with Crippen LogP contribution in [0.3, 0.4) is 0 Å². The lowest BCUT2D eigenvalue weighted by atomic mass is 10.1. The van der Waals surface area contributed by atoms with Crippen molar-refractivity contribution in [2.75, 3.05) is 0 Å². The predicted octanol–water partition coefficient (Wildman–Crippen LogP) is 1.65. The first-order chi connectivity index (χ1) is 10.2. The minimum atomic E-state index is -0.326. The Morgan fingerprint density at radius 1 is 1.38 bits per heavy atom. The molecule has 1 aromatic carbocycles. The lowest BCUT2D eigenvalue weighted by molar-refractivity contribution is -0.148. The summed E-state index contributed by atoms with van der Waals surface area (Å²) < 4.78 is 6.17. The number of rotatable bonds is 4. The van der Waals surface area contributed by atoms with Crippen molar-refractivity contribution in [2.24, 2.45) is 5.92 Å². The average molecular weight is 285 g/mol. The molecule has 0 saturated carbocycles. The van der Waals surface area contributed by atoms with Gasteiger partial charge in [-0.15, -0.1) is 5.10 Å². The van der Waals surface area contributed by atoms with Crippen LogP contribution in [0.15, 0.2) is 41.2 Å². The molecule has 6 nitrogen and oxygen atoms in total. The second kappa shape index (κ2) is 5.87. The van der Waals surface area contributed by atoms with E-state index in [1.807, 2.05) is 6.08 Å². The van der Waals surface area contributed by atoms with E-state index in [4.69, 9.17) is 4.74 Å². The monoisotopic (exact) mass is 285 g/mol. The summed E-state index contributed by atoms with van der Waals surface area (Å²) >= 11 is 0.